The van der Waals surface area contributed by atoms with Crippen molar-refractivity contribution in [1.82, 2.24) is 0 Å². The van der Waals surface area contributed by atoms with Gasteiger partial charge in [-0.25, -0.2) is 0 Å². The Morgan fingerprint density at radius 1 is 1.31 bits per heavy atom. The van der Waals surface area contributed by atoms with Gasteiger partial charge in [-0.2, -0.15) is 0 Å². The van der Waals surface area contributed by atoms with E-state index < -0.39 is 12.2 Å². The number of ketones is 1. The van der Waals surface area contributed by atoms with Crippen molar-refractivity contribution in [3.05, 3.63) is 24.3 Å². The minimum absolute atomic E-state index is 0.0758. The number of aliphatic hydroxyl groups excluding tert-OH is 2. The third kappa shape index (κ3) is 8.28. The molecule has 0 heterocycles. The minimum Gasteiger partial charge on any atom is -0.469 e. The van der Waals surface area contributed by atoms with Crippen molar-refractivity contribution in [3.8, 4) is 0 Å². The zero-order chi connectivity index (χ0) is 19.4. The van der Waals surface area contributed by atoms with Crippen molar-refractivity contribution in [2.45, 2.75) is 76.9 Å². The highest BCUT2D eigenvalue weighted by molar-refractivity contribution is 5.84. The molecule has 2 N–H and O–H groups in total. The van der Waals surface area contributed by atoms with Crippen LogP contribution in [0.5, 0.6) is 0 Å². The van der Waals surface area contributed by atoms with E-state index in [-0.39, 0.29) is 30.0 Å². The Hall–Kier alpha value is -1.46. The van der Waals surface area contributed by atoms with Gasteiger partial charge in [-0.1, -0.05) is 50.5 Å². The predicted octanol–water partition coefficient (Wildman–Crippen LogP) is 3.34. The van der Waals surface area contributed by atoms with Gasteiger partial charge in [0.1, 0.15) is 5.78 Å². The van der Waals surface area contributed by atoms with Gasteiger partial charge in [0.2, 0.25) is 0 Å². The van der Waals surface area contributed by atoms with Gasteiger partial charge >= 0.3 is 5.97 Å². The van der Waals surface area contributed by atoms with E-state index >= 15 is 0 Å². The molecular weight excluding hydrogens is 332 g/mol. The highest BCUT2D eigenvalue weighted by Gasteiger charge is 2.39. The Labute approximate surface area is 157 Å². The van der Waals surface area contributed by atoms with Crippen LogP contribution in [0.4, 0.5) is 0 Å². The fourth-order valence-electron chi connectivity index (χ4n) is 3.31. The molecule has 1 rings (SSSR count). The fourth-order valence-corrected chi connectivity index (χ4v) is 3.31. The molecule has 0 aromatic rings. The summed E-state index contributed by atoms with van der Waals surface area (Å²) in [4.78, 5) is 23.2. The molecule has 4 atom stereocenters. The van der Waals surface area contributed by atoms with Crippen LogP contribution in [0.2, 0.25) is 0 Å². The number of aliphatic hydroxyl groups is 2. The van der Waals surface area contributed by atoms with Crippen LogP contribution in [0.25, 0.3) is 0 Å². The maximum atomic E-state index is 12.1. The second-order valence-corrected chi connectivity index (χ2v) is 7.05. The van der Waals surface area contributed by atoms with Crippen molar-refractivity contribution in [3.63, 3.8) is 0 Å². The van der Waals surface area contributed by atoms with Crippen molar-refractivity contribution in [2.75, 3.05) is 7.11 Å². The molecule has 0 saturated heterocycles. The number of methoxy groups -OCH3 is 1. The number of Topliss-reactive ketones (excluding diaryl/α,β-unsaturated/α-hetero) is 1. The normalized spacial score (nSPS) is 24.6. The van der Waals surface area contributed by atoms with E-state index in [1.807, 2.05) is 18.2 Å². The number of ether oxygens (including phenoxy) is 1. The van der Waals surface area contributed by atoms with Gasteiger partial charge in [-0.15, -0.1) is 0 Å². The predicted molar refractivity (Wildman–Crippen MR) is 102 cm³/mol. The summed E-state index contributed by atoms with van der Waals surface area (Å²) >= 11 is 0. The highest BCUT2D eigenvalue weighted by atomic mass is 16.5. The number of carbonyl (C=O) groups is 2. The fraction of sp³-hybridized carbons (Fsp3) is 0.714. The number of allylic oxidation sites excluding steroid dienone is 2. The van der Waals surface area contributed by atoms with Crippen LogP contribution in [-0.2, 0) is 14.3 Å². The number of carbonyl (C=O) groups excluding carboxylic acids is 2. The SMILES string of the molecule is CCCCC[C@H](O)/C=C/[C@H]1[C@H](O)CC(=O)[C@H]1C/C=C\CCCC(=O)OC. The summed E-state index contributed by atoms with van der Waals surface area (Å²) in [6, 6.07) is 0. The van der Waals surface area contributed by atoms with Crippen LogP contribution in [0, 0.1) is 11.8 Å². The summed E-state index contributed by atoms with van der Waals surface area (Å²) in [5.74, 6) is -0.606. The molecule has 0 radical (unpaired) electrons. The molecule has 5 heteroatoms. The Morgan fingerprint density at radius 3 is 2.77 bits per heavy atom. The highest BCUT2D eigenvalue weighted by Crippen LogP contribution is 2.33. The topological polar surface area (TPSA) is 83.8 Å². The molecule has 0 aliphatic heterocycles. The average molecular weight is 366 g/mol. The largest absolute Gasteiger partial charge is 0.469 e. The monoisotopic (exact) mass is 366 g/mol. The molecule has 0 aromatic carbocycles. The molecule has 148 valence electrons. The number of hydrogen-bond donors (Lipinski definition) is 2. The summed E-state index contributed by atoms with van der Waals surface area (Å²) in [5.41, 5.74) is 0. The molecule has 1 saturated carbocycles. The van der Waals surface area contributed by atoms with Gasteiger partial charge in [-0.05, 0) is 25.7 Å². The molecule has 26 heavy (non-hydrogen) atoms. The second-order valence-electron chi connectivity index (χ2n) is 7.05. The molecule has 0 amide bonds. The Kier molecular flexibility index (Phi) is 11.1. The van der Waals surface area contributed by atoms with Gasteiger partial charge in [0.05, 0.1) is 19.3 Å². The number of rotatable bonds is 12. The zero-order valence-corrected chi connectivity index (χ0v) is 16.1. The second kappa shape index (κ2) is 12.8. The molecule has 0 bridgehead atoms. The third-order valence-corrected chi connectivity index (χ3v) is 4.93. The zero-order valence-electron chi connectivity index (χ0n) is 16.1. The third-order valence-electron chi connectivity index (χ3n) is 4.93. The van der Waals surface area contributed by atoms with Crippen LogP contribution < -0.4 is 0 Å². The lowest BCUT2D eigenvalue weighted by atomic mass is 9.90. The van der Waals surface area contributed by atoms with E-state index in [1.54, 1.807) is 6.08 Å². The Balaban J connectivity index is 2.46. The van der Waals surface area contributed by atoms with Gasteiger partial charge in [0.25, 0.3) is 0 Å². The summed E-state index contributed by atoms with van der Waals surface area (Å²) in [5, 5.41) is 20.2. The summed E-state index contributed by atoms with van der Waals surface area (Å²) < 4.78 is 4.59. The molecule has 1 fully saturated rings. The Morgan fingerprint density at radius 2 is 2.08 bits per heavy atom. The van der Waals surface area contributed by atoms with E-state index in [1.165, 1.54) is 7.11 Å². The van der Waals surface area contributed by atoms with Crippen molar-refractivity contribution < 1.29 is 24.5 Å². The van der Waals surface area contributed by atoms with Crippen LogP contribution in [0.3, 0.4) is 0 Å². The average Bonchev–Trinajstić information content (AvgIpc) is 2.89. The van der Waals surface area contributed by atoms with Crippen molar-refractivity contribution in [2.24, 2.45) is 11.8 Å². The smallest absolute Gasteiger partial charge is 0.305 e. The summed E-state index contributed by atoms with van der Waals surface area (Å²) in [7, 11) is 1.38. The first-order valence-electron chi connectivity index (χ1n) is 9.78. The van der Waals surface area contributed by atoms with Crippen molar-refractivity contribution >= 4 is 11.8 Å². The lowest BCUT2D eigenvalue weighted by Gasteiger charge is -2.16. The van der Waals surface area contributed by atoms with Gasteiger partial charge < -0.3 is 14.9 Å². The quantitative estimate of drug-likeness (QED) is 0.314. The molecule has 0 spiro atoms. The molecule has 1 aliphatic carbocycles. The number of unbranched alkanes of at least 4 members (excludes halogenated alkanes) is 3. The van der Waals surface area contributed by atoms with E-state index in [9.17, 15) is 19.8 Å². The molecule has 1 aliphatic rings. The minimum atomic E-state index is -0.667. The van der Waals surface area contributed by atoms with Gasteiger partial charge in [-0.3, -0.25) is 9.59 Å². The number of esters is 1. The van der Waals surface area contributed by atoms with Gasteiger partial charge in [0.15, 0.2) is 0 Å². The summed E-state index contributed by atoms with van der Waals surface area (Å²) in [6.45, 7) is 2.12. The van der Waals surface area contributed by atoms with Crippen molar-refractivity contribution in [1.29, 1.82) is 0 Å². The van der Waals surface area contributed by atoms with E-state index in [4.69, 9.17) is 0 Å². The number of hydrogen-bond acceptors (Lipinski definition) is 5. The van der Waals surface area contributed by atoms with Crippen LogP contribution in [-0.4, -0.2) is 41.3 Å². The van der Waals surface area contributed by atoms with Crippen LogP contribution >= 0.6 is 0 Å². The molecule has 5 nitrogen and oxygen atoms in total. The molecule has 0 aromatic heterocycles. The maximum Gasteiger partial charge on any atom is 0.305 e. The maximum absolute atomic E-state index is 12.1. The first kappa shape index (κ1) is 22.6. The summed E-state index contributed by atoms with van der Waals surface area (Å²) in [6.07, 6.45) is 12.8. The first-order chi connectivity index (χ1) is 12.5. The van der Waals surface area contributed by atoms with E-state index in [0.29, 0.717) is 19.3 Å². The first-order valence-corrected chi connectivity index (χ1v) is 9.78. The van der Waals surface area contributed by atoms with Crippen LogP contribution in [0.15, 0.2) is 24.3 Å². The lowest BCUT2D eigenvalue weighted by Crippen LogP contribution is -2.18. The molecular formula is C21H34O5. The standard InChI is InChI=1S/C21H34O5/c1-3-4-7-10-16(22)13-14-18-17(19(23)15-20(18)24)11-8-5-6-9-12-21(25)26-2/h5,8,13-14,16-18,20,22,24H,3-4,6-7,9-12,15H2,1-2H3/b8-5-,14-13+/t16-,17-,18+,20+/m0/s1. The van der Waals surface area contributed by atoms with E-state index in [0.717, 1.165) is 32.1 Å². The Bertz CT molecular complexity index is 483. The molecule has 0 unspecified atom stereocenters. The lowest BCUT2D eigenvalue weighted by molar-refractivity contribution is -0.140. The van der Waals surface area contributed by atoms with Gasteiger partial charge in [0, 0.05) is 24.7 Å². The van der Waals surface area contributed by atoms with Crippen LogP contribution in [0.1, 0.15) is 64.7 Å². The van der Waals surface area contributed by atoms with E-state index in [2.05, 4.69) is 11.7 Å².